The van der Waals surface area contributed by atoms with Gasteiger partial charge in [0.25, 0.3) is 0 Å². The monoisotopic (exact) mass is 384 g/mol. The number of thiophene rings is 2. The standard InChI is InChI=1S/C17H5F5OS2/c18-12-11(13(19)15(21)16(22)14(12)20)17(23)10-5-7-4-8-6(1-2-24-8)3-9(7)25-10/h1-5H. The maximum absolute atomic E-state index is 13.8. The van der Waals surface area contributed by atoms with Gasteiger partial charge in [-0.2, -0.15) is 0 Å². The second-order valence-corrected chi connectivity index (χ2v) is 7.26. The number of rotatable bonds is 2. The van der Waals surface area contributed by atoms with Crippen LogP contribution in [0.5, 0.6) is 0 Å². The van der Waals surface area contributed by atoms with Gasteiger partial charge in [0.05, 0.1) is 4.88 Å². The highest BCUT2D eigenvalue weighted by atomic mass is 32.1. The summed E-state index contributed by atoms with van der Waals surface area (Å²) in [6.07, 6.45) is 0. The molecule has 0 amide bonds. The van der Waals surface area contributed by atoms with E-state index in [0.29, 0.717) is 10.1 Å². The third kappa shape index (κ3) is 2.36. The third-order valence-electron chi connectivity index (χ3n) is 3.75. The van der Waals surface area contributed by atoms with E-state index in [2.05, 4.69) is 0 Å². The number of halogens is 5. The molecule has 2 aromatic heterocycles. The van der Waals surface area contributed by atoms with Crippen molar-refractivity contribution in [3.63, 3.8) is 0 Å². The molecule has 0 N–H and O–H groups in total. The summed E-state index contributed by atoms with van der Waals surface area (Å²) >= 11 is 2.42. The molecule has 0 aliphatic heterocycles. The van der Waals surface area contributed by atoms with E-state index in [1.54, 1.807) is 12.1 Å². The summed E-state index contributed by atoms with van der Waals surface area (Å²) in [5.74, 6) is -12.0. The molecule has 0 atom stereocenters. The van der Waals surface area contributed by atoms with E-state index in [4.69, 9.17) is 0 Å². The van der Waals surface area contributed by atoms with Crippen LogP contribution in [0, 0.1) is 29.1 Å². The van der Waals surface area contributed by atoms with Crippen molar-refractivity contribution in [3.05, 3.63) is 69.2 Å². The van der Waals surface area contributed by atoms with Gasteiger partial charge in [-0.15, -0.1) is 22.7 Å². The SMILES string of the molecule is O=C(c1cc2cc3sccc3cc2s1)c1c(F)c(F)c(F)c(F)c1F. The summed E-state index contributed by atoms with van der Waals surface area (Å²) in [7, 11) is 0. The zero-order valence-corrected chi connectivity index (χ0v) is 13.6. The molecule has 0 aliphatic rings. The predicted octanol–water partition coefficient (Wildman–Crippen LogP) is 6.04. The fraction of sp³-hybridized carbons (Fsp3) is 0. The van der Waals surface area contributed by atoms with Crippen molar-refractivity contribution in [1.29, 1.82) is 0 Å². The Kier molecular flexibility index (Phi) is 3.62. The van der Waals surface area contributed by atoms with Gasteiger partial charge in [-0.3, -0.25) is 4.79 Å². The Labute approximate surface area is 144 Å². The first-order valence-corrected chi connectivity index (χ1v) is 8.55. The zero-order chi connectivity index (χ0) is 17.9. The molecule has 0 radical (unpaired) electrons. The van der Waals surface area contributed by atoms with Crippen molar-refractivity contribution >= 4 is 48.6 Å². The molecule has 1 nitrogen and oxygen atoms in total. The molecule has 4 rings (SSSR count). The fourth-order valence-corrected chi connectivity index (χ4v) is 4.39. The van der Waals surface area contributed by atoms with Crippen LogP contribution in [0.2, 0.25) is 0 Å². The molecule has 0 bridgehead atoms. The molecule has 126 valence electrons. The van der Waals surface area contributed by atoms with E-state index in [1.807, 2.05) is 11.4 Å². The van der Waals surface area contributed by atoms with E-state index < -0.39 is 40.4 Å². The van der Waals surface area contributed by atoms with Gasteiger partial charge in [-0.25, -0.2) is 22.0 Å². The molecule has 0 unspecified atom stereocenters. The molecule has 2 aromatic carbocycles. The molecular formula is C17H5F5OS2. The molecule has 0 spiro atoms. The maximum Gasteiger partial charge on any atom is 0.209 e. The Morgan fingerprint density at radius 1 is 0.760 bits per heavy atom. The van der Waals surface area contributed by atoms with Gasteiger partial charge in [-0.05, 0) is 40.4 Å². The first-order chi connectivity index (χ1) is 11.9. The Hall–Kier alpha value is -2.32. The van der Waals surface area contributed by atoms with Crippen molar-refractivity contribution in [1.82, 2.24) is 0 Å². The van der Waals surface area contributed by atoms with Crippen LogP contribution >= 0.6 is 22.7 Å². The Balaban J connectivity index is 1.90. The molecule has 0 saturated carbocycles. The first kappa shape index (κ1) is 16.2. The summed E-state index contributed by atoms with van der Waals surface area (Å²) < 4.78 is 69.1. The van der Waals surface area contributed by atoms with Crippen LogP contribution in [0.3, 0.4) is 0 Å². The van der Waals surface area contributed by atoms with Gasteiger partial charge in [0, 0.05) is 9.40 Å². The van der Waals surface area contributed by atoms with Crippen LogP contribution in [0.4, 0.5) is 22.0 Å². The minimum Gasteiger partial charge on any atom is -0.287 e. The van der Waals surface area contributed by atoms with Crippen LogP contribution in [0.25, 0.3) is 20.2 Å². The molecule has 2 heterocycles. The number of hydrogen-bond acceptors (Lipinski definition) is 3. The number of ketones is 1. The summed E-state index contributed by atoms with van der Waals surface area (Å²) in [5, 5.41) is 3.50. The number of carbonyl (C=O) groups is 1. The zero-order valence-electron chi connectivity index (χ0n) is 12.0. The van der Waals surface area contributed by atoms with E-state index in [0.717, 1.165) is 21.4 Å². The normalized spacial score (nSPS) is 11.6. The van der Waals surface area contributed by atoms with E-state index in [9.17, 15) is 26.7 Å². The van der Waals surface area contributed by atoms with Gasteiger partial charge in [-0.1, -0.05) is 0 Å². The van der Waals surface area contributed by atoms with Gasteiger partial charge in [0.2, 0.25) is 11.6 Å². The van der Waals surface area contributed by atoms with Crippen molar-refractivity contribution in [3.8, 4) is 0 Å². The summed E-state index contributed by atoms with van der Waals surface area (Å²) in [5.41, 5.74) is -1.44. The predicted molar refractivity (Wildman–Crippen MR) is 86.9 cm³/mol. The number of hydrogen-bond donors (Lipinski definition) is 0. The Bertz CT molecular complexity index is 1100. The van der Waals surface area contributed by atoms with Gasteiger partial charge < -0.3 is 0 Å². The lowest BCUT2D eigenvalue weighted by Gasteiger charge is -2.06. The summed E-state index contributed by atoms with van der Waals surface area (Å²) in [4.78, 5) is 12.3. The van der Waals surface area contributed by atoms with Crippen LogP contribution in [0.1, 0.15) is 15.2 Å². The van der Waals surface area contributed by atoms with Gasteiger partial charge in [0.1, 0.15) is 5.56 Å². The van der Waals surface area contributed by atoms with E-state index >= 15 is 0 Å². The van der Waals surface area contributed by atoms with Crippen LogP contribution in [-0.2, 0) is 0 Å². The van der Waals surface area contributed by atoms with E-state index in [-0.39, 0.29) is 4.88 Å². The third-order valence-corrected chi connectivity index (χ3v) is 5.73. The first-order valence-electron chi connectivity index (χ1n) is 6.85. The molecular weight excluding hydrogens is 379 g/mol. The van der Waals surface area contributed by atoms with Crippen molar-refractivity contribution in [2.75, 3.05) is 0 Å². The molecule has 0 fully saturated rings. The highest BCUT2D eigenvalue weighted by Crippen LogP contribution is 2.34. The average molecular weight is 384 g/mol. The molecule has 0 aliphatic carbocycles. The lowest BCUT2D eigenvalue weighted by atomic mass is 10.1. The second-order valence-electron chi connectivity index (χ2n) is 5.23. The lowest BCUT2D eigenvalue weighted by molar-refractivity contribution is 0.103. The van der Waals surface area contributed by atoms with Gasteiger partial charge in [0.15, 0.2) is 23.3 Å². The lowest BCUT2D eigenvalue weighted by Crippen LogP contribution is -2.12. The highest BCUT2D eigenvalue weighted by molar-refractivity contribution is 7.21. The van der Waals surface area contributed by atoms with Crippen molar-refractivity contribution in [2.24, 2.45) is 0 Å². The van der Waals surface area contributed by atoms with Gasteiger partial charge >= 0.3 is 0 Å². The summed E-state index contributed by atoms with van der Waals surface area (Å²) in [6.45, 7) is 0. The molecule has 25 heavy (non-hydrogen) atoms. The minimum absolute atomic E-state index is 0.101. The van der Waals surface area contributed by atoms with Crippen LogP contribution in [0.15, 0.2) is 29.6 Å². The fourth-order valence-electron chi connectivity index (χ4n) is 2.53. The number of benzene rings is 2. The molecule has 0 saturated heterocycles. The van der Waals surface area contributed by atoms with Crippen molar-refractivity contribution in [2.45, 2.75) is 0 Å². The van der Waals surface area contributed by atoms with E-state index in [1.165, 1.54) is 17.4 Å². The van der Waals surface area contributed by atoms with Crippen LogP contribution in [-0.4, -0.2) is 5.78 Å². The van der Waals surface area contributed by atoms with Crippen LogP contribution < -0.4 is 0 Å². The number of fused-ring (bicyclic) bond motifs is 2. The number of carbonyl (C=O) groups excluding carboxylic acids is 1. The topological polar surface area (TPSA) is 17.1 Å². The molecule has 8 heteroatoms. The highest BCUT2D eigenvalue weighted by Gasteiger charge is 2.30. The maximum atomic E-state index is 13.8. The largest absolute Gasteiger partial charge is 0.287 e. The second kappa shape index (κ2) is 5.60. The quantitative estimate of drug-likeness (QED) is 0.178. The Morgan fingerprint density at radius 3 is 2.04 bits per heavy atom. The average Bonchev–Trinajstić information content (AvgIpc) is 3.21. The molecule has 4 aromatic rings. The Morgan fingerprint density at radius 2 is 1.36 bits per heavy atom. The van der Waals surface area contributed by atoms with Crippen molar-refractivity contribution < 1.29 is 26.7 Å². The summed E-state index contributed by atoms with van der Waals surface area (Å²) in [6, 6.07) is 6.88. The minimum atomic E-state index is -2.29. The smallest absolute Gasteiger partial charge is 0.209 e.